The van der Waals surface area contributed by atoms with Gasteiger partial charge in [0.05, 0.1) is 13.0 Å². The molecule has 0 fully saturated rings. The third-order valence-electron chi connectivity index (χ3n) is 2.77. The Morgan fingerprint density at radius 2 is 1.65 bits per heavy atom. The van der Waals surface area contributed by atoms with Gasteiger partial charge in [0.15, 0.2) is 0 Å². The molecule has 0 spiro atoms. The molecule has 0 saturated carbocycles. The normalized spacial score (nSPS) is 10.1. The minimum absolute atomic E-state index is 0.402. The van der Waals surface area contributed by atoms with Crippen LogP contribution < -0.4 is 14.2 Å². The molecular formula is C16H17ClO3. The lowest BCUT2D eigenvalue weighted by Crippen LogP contribution is -2.09. The van der Waals surface area contributed by atoms with Crippen molar-refractivity contribution >= 4 is 11.6 Å². The van der Waals surface area contributed by atoms with Gasteiger partial charge in [0.2, 0.25) is 0 Å². The fourth-order valence-electron chi connectivity index (χ4n) is 1.73. The number of para-hydroxylation sites is 1. The second kappa shape index (κ2) is 7.65. The van der Waals surface area contributed by atoms with Crippen molar-refractivity contribution in [3.05, 3.63) is 54.1 Å². The number of ether oxygens (including phenoxy) is 3. The average Bonchev–Trinajstić information content (AvgIpc) is 2.52. The van der Waals surface area contributed by atoms with Crippen molar-refractivity contribution < 1.29 is 14.2 Å². The first-order chi connectivity index (χ1) is 9.83. The molecule has 2 aromatic rings. The van der Waals surface area contributed by atoms with Crippen molar-refractivity contribution in [3.8, 4) is 17.2 Å². The third-order valence-corrected chi connectivity index (χ3v) is 3.06. The van der Waals surface area contributed by atoms with Gasteiger partial charge in [-0.2, -0.15) is 0 Å². The van der Waals surface area contributed by atoms with Crippen LogP contribution in [-0.2, 0) is 5.88 Å². The Hall–Kier alpha value is -1.87. The number of halogens is 1. The molecule has 0 aliphatic rings. The van der Waals surface area contributed by atoms with E-state index in [-0.39, 0.29) is 0 Å². The van der Waals surface area contributed by atoms with Gasteiger partial charge in [-0.3, -0.25) is 0 Å². The molecule has 0 N–H and O–H groups in total. The molecule has 4 heteroatoms. The minimum atomic E-state index is 0.402. The van der Waals surface area contributed by atoms with Crippen LogP contribution in [0.3, 0.4) is 0 Å². The van der Waals surface area contributed by atoms with Crippen LogP contribution in [-0.4, -0.2) is 20.3 Å². The smallest absolute Gasteiger partial charge is 0.127 e. The zero-order chi connectivity index (χ0) is 14.2. The van der Waals surface area contributed by atoms with E-state index in [2.05, 4.69) is 0 Å². The molecule has 0 aliphatic carbocycles. The van der Waals surface area contributed by atoms with Crippen LogP contribution in [0.25, 0.3) is 0 Å². The molecule has 0 aromatic heterocycles. The molecule has 0 atom stereocenters. The van der Waals surface area contributed by atoms with E-state index >= 15 is 0 Å². The largest absolute Gasteiger partial charge is 0.497 e. The van der Waals surface area contributed by atoms with E-state index in [1.807, 2.05) is 48.5 Å². The third kappa shape index (κ3) is 4.07. The van der Waals surface area contributed by atoms with Crippen molar-refractivity contribution in [1.82, 2.24) is 0 Å². The van der Waals surface area contributed by atoms with Gasteiger partial charge in [-0.05, 0) is 18.2 Å². The highest BCUT2D eigenvalue weighted by molar-refractivity contribution is 6.17. The van der Waals surface area contributed by atoms with Crippen LogP contribution in [0.2, 0.25) is 0 Å². The summed E-state index contributed by atoms with van der Waals surface area (Å²) in [7, 11) is 1.62. The summed E-state index contributed by atoms with van der Waals surface area (Å²) >= 11 is 5.88. The highest BCUT2D eigenvalue weighted by Crippen LogP contribution is 2.26. The minimum Gasteiger partial charge on any atom is -0.497 e. The van der Waals surface area contributed by atoms with E-state index in [1.165, 1.54) is 0 Å². The lowest BCUT2D eigenvalue weighted by molar-refractivity contribution is 0.215. The highest BCUT2D eigenvalue weighted by atomic mass is 35.5. The molecule has 0 aliphatic heterocycles. The summed E-state index contributed by atoms with van der Waals surface area (Å²) in [6, 6.07) is 15.2. The fourth-order valence-corrected chi connectivity index (χ4v) is 1.96. The van der Waals surface area contributed by atoms with Gasteiger partial charge >= 0.3 is 0 Å². The average molecular weight is 293 g/mol. The van der Waals surface area contributed by atoms with Crippen molar-refractivity contribution in [3.63, 3.8) is 0 Å². The molecule has 20 heavy (non-hydrogen) atoms. The topological polar surface area (TPSA) is 27.7 Å². The number of benzene rings is 2. The highest BCUT2D eigenvalue weighted by Gasteiger charge is 2.05. The van der Waals surface area contributed by atoms with Gasteiger partial charge in [0, 0.05) is 11.6 Å². The van der Waals surface area contributed by atoms with E-state index in [4.69, 9.17) is 25.8 Å². The number of hydrogen-bond donors (Lipinski definition) is 0. The zero-order valence-corrected chi connectivity index (χ0v) is 12.1. The summed E-state index contributed by atoms with van der Waals surface area (Å²) in [5.41, 5.74) is 0.937. The van der Waals surface area contributed by atoms with Gasteiger partial charge < -0.3 is 14.2 Å². The first-order valence-corrected chi connectivity index (χ1v) is 6.90. The van der Waals surface area contributed by atoms with Crippen molar-refractivity contribution in [2.45, 2.75) is 5.88 Å². The molecule has 106 valence electrons. The second-order valence-electron chi connectivity index (χ2n) is 4.12. The number of rotatable bonds is 7. The molecule has 0 heterocycles. The lowest BCUT2D eigenvalue weighted by atomic mass is 10.2. The molecule has 2 rings (SSSR count). The zero-order valence-electron chi connectivity index (χ0n) is 11.3. The van der Waals surface area contributed by atoms with Crippen LogP contribution in [0, 0.1) is 0 Å². The van der Waals surface area contributed by atoms with Gasteiger partial charge in [-0.1, -0.05) is 24.3 Å². The van der Waals surface area contributed by atoms with Gasteiger partial charge in [-0.25, -0.2) is 0 Å². The van der Waals surface area contributed by atoms with Crippen LogP contribution in [0.5, 0.6) is 17.2 Å². The molecule has 0 radical (unpaired) electrons. The van der Waals surface area contributed by atoms with E-state index < -0.39 is 0 Å². The Labute approximate surface area is 124 Å². The summed E-state index contributed by atoms with van der Waals surface area (Å²) in [5.74, 6) is 2.71. The summed E-state index contributed by atoms with van der Waals surface area (Å²) in [6.07, 6.45) is 0. The maximum absolute atomic E-state index is 5.88. The van der Waals surface area contributed by atoms with Gasteiger partial charge in [0.25, 0.3) is 0 Å². The molecule has 0 amide bonds. The van der Waals surface area contributed by atoms with Gasteiger partial charge in [0.1, 0.15) is 30.5 Å². The predicted octanol–water partition coefficient (Wildman–Crippen LogP) is 3.89. The van der Waals surface area contributed by atoms with E-state index in [0.29, 0.717) is 19.1 Å². The predicted molar refractivity (Wildman–Crippen MR) is 80.0 cm³/mol. The Balaban J connectivity index is 1.87. The molecule has 0 saturated heterocycles. The van der Waals surface area contributed by atoms with Crippen molar-refractivity contribution in [1.29, 1.82) is 0 Å². The van der Waals surface area contributed by atoms with Crippen LogP contribution in [0.1, 0.15) is 5.56 Å². The monoisotopic (exact) mass is 292 g/mol. The summed E-state index contributed by atoms with van der Waals surface area (Å²) in [6.45, 7) is 0.925. The Morgan fingerprint density at radius 1 is 0.900 bits per heavy atom. The SMILES string of the molecule is COc1ccc(CCl)c(OCCOc2ccccc2)c1. The Kier molecular flexibility index (Phi) is 5.56. The second-order valence-corrected chi connectivity index (χ2v) is 4.38. The van der Waals surface area contributed by atoms with E-state index in [1.54, 1.807) is 7.11 Å². The van der Waals surface area contributed by atoms with Crippen LogP contribution in [0.4, 0.5) is 0 Å². The van der Waals surface area contributed by atoms with Crippen molar-refractivity contribution in [2.75, 3.05) is 20.3 Å². The molecule has 0 unspecified atom stereocenters. The molecule has 2 aromatic carbocycles. The fraction of sp³-hybridized carbons (Fsp3) is 0.250. The lowest BCUT2D eigenvalue weighted by Gasteiger charge is -2.12. The molecule has 0 bridgehead atoms. The van der Waals surface area contributed by atoms with Crippen molar-refractivity contribution in [2.24, 2.45) is 0 Å². The number of alkyl halides is 1. The summed E-state index contributed by atoms with van der Waals surface area (Å²) < 4.78 is 16.4. The Bertz CT molecular complexity index is 529. The molecular weight excluding hydrogens is 276 g/mol. The maximum Gasteiger partial charge on any atom is 0.127 e. The summed E-state index contributed by atoms with van der Waals surface area (Å²) in [4.78, 5) is 0. The van der Waals surface area contributed by atoms with E-state index in [9.17, 15) is 0 Å². The van der Waals surface area contributed by atoms with Gasteiger partial charge in [-0.15, -0.1) is 11.6 Å². The number of hydrogen-bond acceptors (Lipinski definition) is 3. The molecule has 3 nitrogen and oxygen atoms in total. The van der Waals surface area contributed by atoms with E-state index in [0.717, 1.165) is 22.8 Å². The summed E-state index contributed by atoms with van der Waals surface area (Å²) in [5, 5.41) is 0. The maximum atomic E-state index is 5.88. The first kappa shape index (κ1) is 14.5. The standard InChI is InChI=1S/C16H17ClO3/c1-18-15-8-7-13(12-17)16(11-15)20-10-9-19-14-5-3-2-4-6-14/h2-8,11H,9-10,12H2,1H3. The quantitative estimate of drug-likeness (QED) is 0.572. The Morgan fingerprint density at radius 3 is 2.35 bits per heavy atom. The number of methoxy groups -OCH3 is 1. The van der Waals surface area contributed by atoms with Crippen LogP contribution in [0.15, 0.2) is 48.5 Å². The first-order valence-electron chi connectivity index (χ1n) is 6.37. The van der Waals surface area contributed by atoms with Crippen LogP contribution >= 0.6 is 11.6 Å².